The van der Waals surface area contributed by atoms with Crippen molar-refractivity contribution >= 4 is 45.9 Å². The average Bonchev–Trinajstić information content (AvgIpc) is 4.28. The number of carbonyl (C=O) groups excluding carboxylic acids is 4. The number of nitrogens with one attached hydrogen (secondary N) is 3. The van der Waals surface area contributed by atoms with Gasteiger partial charge in [-0.1, -0.05) is 63.2 Å². The molecule has 0 aliphatic carbocycles. The number of alkyl halides is 1. The molecule has 15 nitrogen and oxygen atoms in total. The molecule has 3 aromatic carbocycles. The van der Waals surface area contributed by atoms with Crippen molar-refractivity contribution in [2.75, 3.05) is 39.5 Å². The maximum absolute atomic E-state index is 16.3. The van der Waals surface area contributed by atoms with Crippen LogP contribution in [0.25, 0.3) is 21.3 Å². The normalized spacial score (nSPS) is 18.9. The number of fused-ring (bicyclic) bond motifs is 3. The zero-order valence-electron chi connectivity index (χ0n) is 46.6. The minimum atomic E-state index is -1.64. The van der Waals surface area contributed by atoms with Crippen LogP contribution in [0.5, 0.6) is 5.75 Å². The third kappa shape index (κ3) is 15.7. The van der Waals surface area contributed by atoms with E-state index in [1.807, 2.05) is 67.3 Å². The van der Waals surface area contributed by atoms with E-state index in [1.165, 1.54) is 18.7 Å². The standard InChI is InChI=1S/C59H77F3N6O9S/c1-35-25-43-42-17-11-12-18-46(42)65-51(43)52(68(35)33-59(9,10)62)50-44(60)27-41(28-45(50)61)75-24-14-16-40(76-32-49(71)77-58(6,7)8)15-13-23-74-31-48(70)66-54(57(3,4)5)56(73)67-30-39(69)26-47(67)55(72)63-29-37-19-21-38(22-20-37)53-36(2)64-34-78-53/h11-12,17-22,27-28,34-35,39-40,47,52,54,65,69H,13-16,23-26,29-33H2,1-10H3,(H,63,72)(H,66,70)/t35-,39-,40?,47+,52-,54-/m1/s1. The number of rotatable bonds is 23. The number of aromatic nitrogens is 2. The first kappa shape index (κ1) is 59.8. The number of ether oxygens (including phenoxy) is 4. The Kier molecular flexibility index (Phi) is 19.6. The molecule has 0 spiro atoms. The highest BCUT2D eigenvalue weighted by Crippen LogP contribution is 2.44. The number of amides is 3. The number of β-amino-alcohol motifs (C(OH)–C–C–N with tert-alkyl or cyclic N) is 1. The van der Waals surface area contributed by atoms with E-state index in [4.69, 9.17) is 18.9 Å². The number of aromatic amines is 1. The molecule has 7 rings (SSSR count). The van der Waals surface area contributed by atoms with E-state index in [0.717, 1.165) is 50.3 Å². The molecule has 0 bridgehead atoms. The number of aryl methyl sites for hydroxylation is 1. The predicted octanol–water partition coefficient (Wildman–Crippen LogP) is 9.45. The van der Waals surface area contributed by atoms with Crippen LogP contribution in [-0.2, 0) is 46.4 Å². The van der Waals surface area contributed by atoms with E-state index < -0.39 is 82.3 Å². The van der Waals surface area contributed by atoms with E-state index in [9.17, 15) is 24.3 Å². The number of aliphatic hydroxyl groups excluding tert-OH is 1. The van der Waals surface area contributed by atoms with Crippen molar-refractivity contribution in [3.8, 4) is 16.2 Å². The molecule has 2 aromatic heterocycles. The summed E-state index contributed by atoms with van der Waals surface area (Å²) in [6, 6.07) is 14.7. The minimum absolute atomic E-state index is 0.0142. The molecule has 1 fully saturated rings. The molecule has 1 unspecified atom stereocenters. The third-order valence-corrected chi connectivity index (χ3v) is 14.9. The molecule has 4 N–H and O–H groups in total. The monoisotopic (exact) mass is 1100 g/mol. The van der Waals surface area contributed by atoms with E-state index in [1.54, 1.807) is 58.4 Å². The first-order chi connectivity index (χ1) is 36.8. The summed E-state index contributed by atoms with van der Waals surface area (Å²) in [5, 5.41) is 17.3. The van der Waals surface area contributed by atoms with Crippen LogP contribution in [-0.4, -0.2) is 130 Å². The summed E-state index contributed by atoms with van der Waals surface area (Å²) in [7, 11) is 0. The fourth-order valence-electron chi connectivity index (χ4n) is 10.3. The van der Waals surface area contributed by atoms with Crippen LogP contribution in [0.4, 0.5) is 13.2 Å². The number of halogens is 3. The van der Waals surface area contributed by atoms with Gasteiger partial charge in [-0.2, -0.15) is 0 Å². The molecule has 3 amide bonds. The lowest BCUT2D eigenvalue weighted by Crippen LogP contribution is -2.58. The van der Waals surface area contributed by atoms with Crippen molar-refractivity contribution < 1.29 is 56.4 Å². The fourth-order valence-corrected chi connectivity index (χ4v) is 11.1. The molecular weight excluding hydrogens is 1030 g/mol. The van der Waals surface area contributed by atoms with Crippen LogP contribution >= 0.6 is 11.3 Å². The summed E-state index contributed by atoms with van der Waals surface area (Å²) in [4.78, 5) is 65.7. The molecule has 6 atom stereocenters. The number of hydrogen-bond donors (Lipinski definition) is 4. The number of benzene rings is 3. The number of aliphatic hydroxyl groups is 1. The second-order valence-electron chi connectivity index (χ2n) is 23.4. The van der Waals surface area contributed by atoms with E-state index >= 15 is 13.2 Å². The molecule has 0 saturated carbocycles. The molecule has 5 aromatic rings. The summed E-state index contributed by atoms with van der Waals surface area (Å²) in [6.07, 6.45) is 0.818. The van der Waals surface area contributed by atoms with Crippen LogP contribution in [0.2, 0.25) is 0 Å². The first-order valence-electron chi connectivity index (χ1n) is 26.9. The average molecular weight is 1100 g/mol. The zero-order chi connectivity index (χ0) is 56.7. The van der Waals surface area contributed by atoms with Gasteiger partial charge >= 0.3 is 5.97 Å². The zero-order valence-corrected chi connectivity index (χ0v) is 47.4. The van der Waals surface area contributed by atoms with Crippen LogP contribution in [0.3, 0.4) is 0 Å². The highest BCUT2D eigenvalue weighted by molar-refractivity contribution is 7.13. The van der Waals surface area contributed by atoms with Crippen molar-refractivity contribution in [2.45, 2.75) is 162 Å². The lowest BCUT2D eigenvalue weighted by molar-refractivity contribution is -0.162. The Morgan fingerprint density at radius 2 is 1.62 bits per heavy atom. The van der Waals surface area contributed by atoms with E-state index in [2.05, 4.69) is 20.6 Å². The lowest BCUT2D eigenvalue weighted by Gasteiger charge is -2.43. The lowest BCUT2D eigenvalue weighted by atomic mass is 9.85. The van der Waals surface area contributed by atoms with Gasteiger partial charge in [0.15, 0.2) is 0 Å². The quantitative estimate of drug-likeness (QED) is 0.0361. The summed E-state index contributed by atoms with van der Waals surface area (Å²) >= 11 is 1.55. The van der Waals surface area contributed by atoms with Gasteiger partial charge in [0.05, 0.1) is 40.9 Å². The Labute approximate surface area is 459 Å². The second-order valence-corrected chi connectivity index (χ2v) is 24.2. The molecule has 19 heteroatoms. The van der Waals surface area contributed by atoms with Crippen molar-refractivity contribution in [1.82, 2.24) is 30.4 Å². The van der Waals surface area contributed by atoms with Gasteiger partial charge in [-0.05, 0) is 109 Å². The molecule has 78 heavy (non-hydrogen) atoms. The predicted molar refractivity (Wildman–Crippen MR) is 294 cm³/mol. The van der Waals surface area contributed by atoms with Crippen LogP contribution in [0, 0.1) is 24.0 Å². The van der Waals surface area contributed by atoms with Gasteiger partial charge in [0.1, 0.15) is 54.0 Å². The Morgan fingerprint density at radius 1 is 0.936 bits per heavy atom. The fraction of sp³-hybridized carbons (Fsp3) is 0.542. The highest BCUT2D eigenvalue weighted by Gasteiger charge is 2.45. The van der Waals surface area contributed by atoms with Gasteiger partial charge in [-0.25, -0.2) is 22.9 Å². The van der Waals surface area contributed by atoms with Gasteiger partial charge < -0.3 is 44.6 Å². The summed E-state index contributed by atoms with van der Waals surface area (Å²) in [5.41, 5.74) is 3.70. The molecule has 0 radical (unpaired) electrons. The number of carbonyl (C=O) groups is 4. The number of thiazole rings is 1. The summed E-state index contributed by atoms with van der Waals surface area (Å²) < 4.78 is 71.1. The molecule has 1 saturated heterocycles. The third-order valence-electron chi connectivity index (χ3n) is 14.0. The molecule has 2 aliphatic heterocycles. The van der Waals surface area contributed by atoms with Crippen LogP contribution in [0.15, 0.2) is 66.2 Å². The largest absolute Gasteiger partial charge is 0.493 e. The SMILES string of the molecule is Cc1ncsc1-c1ccc(CNC(=O)[C@@H]2C[C@@H](O)CN2C(=O)[C@@H](NC(=O)COCCCC(CCCOc2cc(F)c([C@@H]3c4[nH]c5ccccc5c4C[C@@H](C)N3CC(C)(C)F)c(F)c2)OCC(=O)OC(C)(C)C)C(C)(C)C)cc1. The Balaban J connectivity index is 0.913. The van der Waals surface area contributed by atoms with Crippen LogP contribution in [0.1, 0.15) is 129 Å². The Bertz CT molecular complexity index is 2850. The van der Waals surface area contributed by atoms with Gasteiger partial charge in [0.25, 0.3) is 0 Å². The highest BCUT2D eigenvalue weighted by atomic mass is 32.1. The van der Waals surface area contributed by atoms with Gasteiger partial charge in [0.2, 0.25) is 17.7 Å². The van der Waals surface area contributed by atoms with Gasteiger partial charge in [-0.3, -0.25) is 19.3 Å². The summed E-state index contributed by atoms with van der Waals surface area (Å²) in [6.45, 7) is 17.1. The molecule has 4 heterocycles. The van der Waals surface area contributed by atoms with Crippen molar-refractivity contribution in [1.29, 1.82) is 0 Å². The topological polar surface area (TPSA) is 185 Å². The van der Waals surface area contributed by atoms with Crippen molar-refractivity contribution in [2.24, 2.45) is 5.41 Å². The van der Waals surface area contributed by atoms with E-state index in [0.29, 0.717) is 37.8 Å². The second kappa shape index (κ2) is 25.5. The molecular formula is C59H77F3N6O9S. The van der Waals surface area contributed by atoms with Gasteiger partial charge in [-0.15, -0.1) is 11.3 Å². The summed E-state index contributed by atoms with van der Waals surface area (Å²) in [5.74, 6) is -3.66. The van der Waals surface area contributed by atoms with Crippen molar-refractivity contribution in [3.63, 3.8) is 0 Å². The number of likely N-dealkylation sites (tertiary alicyclic amines) is 1. The Hall–Kier alpha value is -5.86. The van der Waals surface area contributed by atoms with Crippen LogP contribution < -0.4 is 15.4 Å². The van der Waals surface area contributed by atoms with Gasteiger partial charge in [0, 0.05) is 73.0 Å². The molecule has 2 aliphatic rings. The smallest absolute Gasteiger partial charge is 0.332 e. The van der Waals surface area contributed by atoms with E-state index in [-0.39, 0.29) is 69.8 Å². The Morgan fingerprint density at radius 3 is 2.26 bits per heavy atom. The number of nitrogens with zero attached hydrogens (tertiary/aromatic N) is 3. The number of H-pyrrole nitrogens is 1. The number of hydrogen-bond acceptors (Lipinski definition) is 12. The maximum Gasteiger partial charge on any atom is 0.332 e. The first-order valence-corrected chi connectivity index (χ1v) is 27.8. The van der Waals surface area contributed by atoms with Crippen molar-refractivity contribution in [3.05, 3.63) is 106 Å². The molecule has 424 valence electrons. The minimum Gasteiger partial charge on any atom is -0.493 e. The maximum atomic E-state index is 16.3. The number of esters is 1. The number of para-hydroxylation sites is 1.